The Kier molecular flexibility index (Phi) is 4.93. The quantitative estimate of drug-likeness (QED) is 0.456. The largest absolute Gasteiger partial charge is 0.505 e. The number of carbonyl (C=O) groups is 1. The summed E-state index contributed by atoms with van der Waals surface area (Å²) in [6.45, 7) is 1.48. The number of aromatic nitrogens is 2. The van der Waals surface area contributed by atoms with E-state index in [2.05, 4.69) is 15.3 Å². The molecule has 4 rings (SSSR count). The number of aromatic amines is 1. The van der Waals surface area contributed by atoms with E-state index < -0.39 is 5.56 Å². The molecule has 0 saturated heterocycles. The molecule has 0 fully saturated rings. The molecule has 7 heteroatoms. The lowest BCUT2D eigenvalue weighted by Crippen LogP contribution is -2.12. The van der Waals surface area contributed by atoms with E-state index in [-0.39, 0.29) is 17.2 Å². The predicted octanol–water partition coefficient (Wildman–Crippen LogP) is 3.70. The molecule has 2 aromatic carbocycles. The van der Waals surface area contributed by atoms with Crippen molar-refractivity contribution in [2.24, 2.45) is 4.99 Å². The van der Waals surface area contributed by atoms with Crippen molar-refractivity contribution in [1.29, 1.82) is 0 Å². The SMILES string of the molecule is CN=Cc1c(O)c2c(ccn2-c2ccc(-c3ccccc3NC(C)=O)cc2)[nH]c1=O. The summed E-state index contributed by atoms with van der Waals surface area (Å²) >= 11 is 0. The Morgan fingerprint density at radius 1 is 1.13 bits per heavy atom. The lowest BCUT2D eigenvalue weighted by Gasteiger charge is -2.12. The zero-order valence-electron chi connectivity index (χ0n) is 16.5. The molecule has 3 N–H and O–H groups in total. The third-order valence-electron chi connectivity index (χ3n) is 4.81. The van der Waals surface area contributed by atoms with E-state index >= 15 is 0 Å². The van der Waals surface area contributed by atoms with Crippen LogP contribution in [0.3, 0.4) is 0 Å². The first kappa shape index (κ1) is 19.2. The minimum absolute atomic E-state index is 0.116. The first-order valence-corrected chi connectivity index (χ1v) is 9.35. The van der Waals surface area contributed by atoms with Gasteiger partial charge in [-0.25, -0.2) is 0 Å². The maximum Gasteiger partial charge on any atom is 0.261 e. The second-order valence-corrected chi connectivity index (χ2v) is 6.83. The van der Waals surface area contributed by atoms with E-state index in [1.807, 2.05) is 48.5 Å². The van der Waals surface area contributed by atoms with E-state index in [0.717, 1.165) is 22.5 Å². The molecule has 0 aliphatic carbocycles. The van der Waals surface area contributed by atoms with Crippen LogP contribution >= 0.6 is 0 Å². The third-order valence-corrected chi connectivity index (χ3v) is 4.81. The summed E-state index contributed by atoms with van der Waals surface area (Å²) in [5, 5.41) is 13.5. The molecule has 0 unspecified atom stereocenters. The van der Waals surface area contributed by atoms with Gasteiger partial charge in [-0.1, -0.05) is 30.3 Å². The third kappa shape index (κ3) is 3.37. The van der Waals surface area contributed by atoms with Crippen molar-refractivity contribution < 1.29 is 9.90 Å². The van der Waals surface area contributed by atoms with Crippen molar-refractivity contribution >= 4 is 28.8 Å². The number of para-hydroxylation sites is 1. The van der Waals surface area contributed by atoms with Gasteiger partial charge in [0.05, 0.1) is 5.52 Å². The van der Waals surface area contributed by atoms with Crippen LogP contribution in [-0.4, -0.2) is 33.8 Å². The number of carbonyl (C=O) groups excluding carboxylic acids is 1. The number of aromatic hydroxyl groups is 1. The van der Waals surface area contributed by atoms with E-state index in [1.165, 1.54) is 13.1 Å². The molecule has 150 valence electrons. The number of nitrogens with zero attached hydrogens (tertiary/aromatic N) is 2. The van der Waals surface area contributed by atoms with Crippen LogP contribution in [0.25, 0.3) is 27.8 Å². The number of fused-ring (bicyclic) bond motifs is 1. The van der Waals surface area contributed by atoms with Crippen molar-refractivity contribution in [3.05, 3.63) is 76.7 Å². The minimum Gasteiger partial charge on any atom is -0.505 e. The monoisotopic (exact) mass is 400 g/mol. The highest BCUT2D eigenvalue weighted by Gasteiger charge is 2.15. The zero-order chi connectivity index (χ0) is 21.3. The summed E-state index contributed by atoms with van der Waals surface area (Å²) in [5.74, 6) is -0.252. The van der Waals surface area contributed by atoms with Crippen LogP contribution in [0.1, 0.15) is 12.5 Å². The molecule has 0 radical (unpaired) electrons. The summed E-state index contributed by atoms with van der Waals surface area (Å²) < 4.78 is 1.80. The summed E-state index contributed by atoms with van der Waals surface area (Å²) in [6.07, 6.45) is 3.13. The van der Waals surface area contributed by atoms with Crippen LogP contribution < -0.4 is 10.9 Å². The first-order valence-electron chi connectivity index (χ1n) is 9.35. The first-order chi connectivity index (χ1) is 14.5. The summed E-state index contributed by atoms with van der Waals surface area (Å²) in [7, 11) is 1.54. The number of benzene rings is 2. The Balaban J connectivity index is 1.79. The fourth-order valence-corrected chi connectivity index (χ4v) is 3.50. The molecule has 1 amide bonds. The second kappa shape index (κ2) is 7.71. The molecule has 7 nitrogen and oxygen atoms in total. The van der Waals surface area contributed by atoms with Crippen molar-refractivity contribution in [3.8, 4) is 22.6 Å². The van der Waals surface area contributed by atoms with E-state index in [0.29, 0.717) is 11.0 Å². The van der Waals surface area contributed by atoms with Crippen LogP contribution in [0, 0.1) is 0 Å². The van der Waals surface area contributed by atoms with Gasteiger partial charge < -0.3 is 20.0 Å². The van der Waals surface area contributed by atoms with Gasteiger partial charge in [-0.3, -0.25) is 14.6 Å². The van der Waals surface area contributed by atoms with Crippen LogP contribution in [0.4, 0.5) is 5.69 Å². The van der Waals surface area contributed by atoms with E-state index in [9.17, 15) is 14.7 Å². The predicted molar refractivity (Wildman–Crippen MR) is 119 cm³/mol. The smallest absolute Gasteiger partial charge is 0.261 e. The molecule has 2 heterocycles. The van der Waals surface area contributed by atoms with Gasteiger partial charge >= 0.3 is 0 Å². The van der Waals surface area contributed by atoms with Gasteiger partial charge in [-0.2, -0.15) is 0 Å². The van der Waals surface area contributed by atoms with Crippen LogP contribution in [0.2, 0.25) is 0 Å². The van der Waals surface area contributed by atoms with Gasteiger partial charge in [0, 0.05) is 43.3 Å². The van der Waals surface area contributed by atoms with Crippen LogP contribution in [-0.2, 0) is 4.79 Å². The Morgan fingerprint density at radius 2 is 1.87 bits per heavy atom. The van der Waals surface area contributed by atoms with E-state index in [1.54, 1.807) is 23.9 Å². The molecule has 0 bridgehead atoms. The summed E-state index contributed by atoms with van der Waals surface area (Å²) in [5.41, 5.74) is 4.15. The second-order valence-electron chi connectivity index (χ2n) is 6.83. The van der Waals surface area contributed by atoms with Gasteiger partial charge in [0.25, 0.3) is 5.56 Å². The van der Waals surface area contributed by atoms with Gasteiger partial charge in [0.2, 0.25) is 5.91 Å². The number of hydrogen-bond donors (Lipinski definition) is 3. The molecule has 2 aromatic heterocycles. The highest BCUT2D eigenvalue weighted by molar-refractivity contribution is 5.95. The van der Waals surface area contributed by atoms with Crippen molar-refractivity contribution in [2.75, 3.05) is 12.4 Å². The number of aliphatic imine (C=N–C) groups is 1. The van der Waals surface area contributed by atoms with Gasteiger partial charge in [-0.05, 0) is 29.8 Å². The Labute approximate surface area is 172 Å². The molecule has 0 atom stereocenters. The minimum atomic E-state index is -0.395. The van der Waals surface area contributed by atoms with Crippen molar-refractivity contribution in [1.82, 2.24) is 9.55 Å². The molecular weight excluding hydrogens is 380 g/mol. The molecule has 0 saturated carbocycles. The lowest BCUT2D eigenvalue weighted by atomic mass is 10.0. The standard InChI is InChI=1S/C23H20N4O3/c1-14(28)25-19-6-4-3-5-17(19)15-7-9-16(10-8-15)27-12-11-20-21(27)22(29)18(13-24-2)23(30)26-20/h3-13H,1-2H3,(H,25,28)(H2,26,29,30). The number of pyridine rings is 1. The molecule has 0 aliphatic rings. The Bertz CT molecular complexity index is 1330. The van der Waals surface area contributed by atoms with Crippen LogP contribution in [0.15, 0.2) is 70.6 Å². The molecule has 0 aliphatic heterocycles. The summed E-state index contributed by atoms with van der Waals surface area (Å²) in [4.78, 5) is 30.3. The molecule has 4 aromatic rings. The zero-order valence-corrected chi connectivity index (χ0v) is 16.5. The Hall–Kier alpha value is -4.13. The van der Waals surface area contributed by atoms with Crippen molar-refractivity contribution in [2.45, 2.75) is 6.92 Å². The van der Waals surface area contributed by atoms with E-state index in [4.69, 9.17) is 0 Å². The molecule has 30 heavy (non-hydrogen) atoms. The summed E-state index contributed by atoms with van der Waals surface area (Å²) in [6, 6.07) is 17.0. The maximum atomic E-state index is 12.2. The highest BCUT2D eigenvalue weighted by atomic mass is 16.3. The number of nitrogens with one attached hydrogen (secondary N) is 2. The average Bonchev–Trinajstić information content (AvgIpc) is 3.15. The normalized spacial score (nSPS) is 11.3. The topological polar surface area (TPSA) is 99.5 Å². The molecular formula is C23H20N4O3. The fraction of sp³-hybridized carbons (Fsp3) is 0.0870. The van der Waals surface area contributed by atoms with Crippen molar-refractivity contribution in [3.63, 3.8) is 0 Å². The highest BCUT2D eigenvalue weighted by Crippen LogP contribution is 2.31. The average molecular weight is 400 g/mol. The number of hydrogen-bond acceptors (Lipinski definition) is 4. The lowest BCUT2D eigenvalue weighted by molar-refractivity contribution is -0.114. The number of anilines is 1. The van der Waals surface area contributed by atoms with Crippen LogP contribution in [0.5, 0.6) is 5.75 Å². The van der Waals surface area contributed by atoms with Gasteiger partial charge in [-0.15, -0.1) is 0 Å². The number of rotatable bonds is 4. The number of amides is 1. The van der Waals surface area contributed by atoms with Gasteiger partial charge in [0.15, 0.2) is 5.75 Å². The Morgan fingerprint density at radius 3 is 2.57 bits per heavy atom. The number of H-pyrrole nitrogens is 1. The molecule has 0 spiro atoms. The van der Waals surface area contributed by atoms with Gasteiger partial charge in [0.1, 0.15) is 11.1 Å². The fourth-order valence-electron chi connectivity index (χ4n) is 3.50. The maximum absolute atomic E-state index is 12.2.